The molecule has 4 unspecified atom stereocenters. The van der Waals surface area contributed by atoms with Crippen LogP contribution in [0.2, 0.25) is 0 Å². The van der Waals surface area contributed by atoms with Gasteiger partial charge >= 0.3 is 0 Å². The third kappa shape index (κ3) is 2.57. The van der Waals surface area contributed by atoms with E-state index in [-0.39, 0.29) is 35.2 Å². The number of carbonyl (C=O) groups is 2. The Morgan fingerprint density at radius 3 is 2.30 bits per heavy atom. The van der Waals surface area contributed by atoms with Crippen LogP contribution in [0, 0.1) is 17.3 Å². The highest BCUT2D eigenvalue weighted by atomic mass is 16.2. The number of hydrogen-bond donors (Lipinski definition) is 1. The van der Waals surface area contributed by atoms with E-state index in [9.17, 15) is 9.59 Å². The zero-order valence-corrected chi connectivity index (χ0v) is 13.6. The Labute approximate surface area is 122 Å². The summed E-state index contributed by atoms with van der Waals surface area (Å²) in [5.41, 5.74) is -0.246. The van der Waals surface area contributed by atoms with Crippen LogP contribution in [-0.2, 0) is 9.59 Å². The molecule has 1 heterocycles. The van der Waals surface area contributed by atoms with Crippen LogP contribution in [0.1, 0.15) is 54.4 Å². The van der Waals surface area contributed by atoms with Crippen LogP contribution >= 0.6 is 0 Å². The first-order chi connectivity index (χ1) is 9.18. The first-order valence-corrected chi connectivity index (χ1v) is 7.81. The van der Waals surface area contributed by atoms with Crippen molar-refractivity contribution in [2.45, 2.75) is 72.5 Å². The van der Waals surface area contributed by atoms with Gasteiger partial charge in [0.05, 0.1) is 0 Å². The van der Waals surface area contributed by atoms with E-state index < -0.39 is 6.04 Å². The lowest BCUT2D eigenvalue weighted by atomic mass is 9.82. The molecule has 0 aromatic rings. The molecule has 2 fully saturated rings. The monoisotopic (exact) mass is 280 g/mol. The van der Waals surface area contributed by atoms with E-state index in [0.717, 1.165) is 12.8 Å². The quantitative estimate of drug-likeness (QED) is 0.861. The van der Waals surface area contributed by atoms with Crippen molar-refractivity contribution in [2.24, 2.45) is 17.3 Å². The van der Waals surface area contributed by atoms with E-state index >= 15 is 0 Å². The predicted octanol–water partition coefficient (Wildman–Crippen LogP) is 2.18. The van der Waals surface area contributed by atoms with E-state index in [1.54, 1.807) is 0 Å². The number of nitrogens with zero attached hydrogens (tertiary/aromatic N) is 1. The minimum Gasteiger partial charge on any atom is -0.342 e. The summed E-state index contributed by atoms with van der Waals surface area (Å²) in [6.45, 7) is 12.2. The van der Waals surface area contributed by atoms with Crippen molar-refractivity contribution in [3.8, 4) is 0 Å². The van der Waals surface area contributed by atoms with E-state index in [1.807, 2.05) is 39.5 Å². The van der Waals surface area contributed by atoms with Crippen LogP contribution in [0.5, 0.6) is 0 Å². The SMILES string of the molecule is CCC1CC1N1C(=O)C(C(C)(C)C)NC(=O)C1C(C)C. The average molecular weight is 280 g/mol. The van der Waals surface area contributed by atoms with Crippen LogP contribution in [0.4, 0.5) is 0 Å². The maximum atomic E-state index is 12.9. The maximum absolute atomic E-state index is 12.9. The molecule has 0 bridgehead atoms. The lowest BCUT2D eigenvalue weighted by molar-refractivity contribution is -0.155. The minimum atomic E-state index is -0.400. The van der Waals surface area contributed by atoms with Gasteiger partial charge in [-0.25, -0.2) is 0 Å². The molecule has 114 valence electrons. The molecule has 2 amide bonds. The Hall–Kier alpha value is -1.06. The van der Waals surface area contributed by atoms with Gasteiger partial charge in [-0.2, -0.15) is 0 Å². The van der Waals surface area contributed by atoms with Crippen molar-refractivity contribution in [3.63, 3.8) is 0 Å². The van der Waals surface area contributed by atoms with Gasteiger partial charge in [-0.1, -0.05) is 48.0 Å². The lowest BCUT2D eigenvalue weighted by Gasteiger charge is -2.45. The van der Waals surface area contributed by atoms with E-state index in [0.29, 0.717) is 5.92 Å². The van der Waals surface area contributed by atoms with Gasteiger partial charge < -0.3 is 10.2 Å². The zero-order valence-electron chi connectivity index (χ0n) is 13.6. The van der Waals surface area contributed by atoms with Gasteiger partial charge in [0, 0.05) is 6.04 Å². The fraction of sp³-hybridized carbons (Fsp3) is 0.875. The summed E-state index contributed by atoms with van der Waals surface area (Å²) in [4.78, 5) is 27.3. The molecule has 0 aromatic carbocycles. The molecule has 2 rings (SSSR count). The predicted molar refractivity (Wildman–Crippen MR) is 79.0 cm³/mol. The van der Waals surface area contributed by atoms with Gasteiger partial charge in [-0.3, -0.25) is 9.59 Å². The number of carbonyl (C=O) groups excluding carboxylic acids is 2. The van der Waals surface area contributed by atoms with Crippen LogP contribution in [0.15, 0.2) is 0 Å². The molecule has 4 nitrogen and oxygen atoms in total. The van der Waals surface area contributed by atoms with Gasteiger partial charge in [0.25, 0.3) is 0 Å². The molecule has 0 aromatic heterocycles. The van der Waals surface area contributed by atoms with Crippen molar-refractivity contribution < 1.29 is 9.59 Å². The lowest BCUT2D eigenvalue weighted by Crippen LogP contribution is -2.68. The largest absolute Gasteiger partial charge is 0.342 e. The zero-order chi connectivity index (χ0) is 15.2. The normalized spacial score (nSPS) is 34.5. The molecule has 20 heavy (non-hydrogen) atoms. The van der Waals surface area contributed by atoms with Crippen molar-refractivity contribution in [3.05, 3.63) is 0 Å². The maximum Gasteiger partial charge on any atom is 0.246 e. The van der Waals surface area contributed by atoms with Gasteiger partial charge in [-0.15, -0.1) is 0 Å². The van der Waals surface area contributed by atoms with Gasteiger partial charge in [0.1, 0.15) is 12.1 Å². The first-order valence-electron chi connectivity index (χ1n) is 7.81. The molecule has 1 saturated heterocycles. The minimum absolute atomic E-state index is 0.0151. The Kier molecular flexibility index (Phi) is 3.87. The van der Waals surface area contributed by atoms with Crippen LogP contribution < -0.4 is 5.32 Å². The van der Waals surface area contributed by atoms with Gasteiger partial charge in [-0.05, 0) is 23.7 Å². The molecule has 1 saturated carbocycles. The van der Waals surface area contributed by atoms with E-state index in [1.165, 1.54) is 0 Å². The highest BCUT2D eigenvalue weighted by molar-refractivity contribution is 5.98. The van der Waals surface area contributed by atoms with Gasteiger partial charge in [0.2, 0.25) is 11.8 Å². The highest BCUT2D eigenvalue weighted by Gasteiger charge is 2.53. The second kappa shape index (κ2) is 5.05. The summed E-state index contributed by atoms with van der Waals surface area (Å²) in [6.07, 6.45) is 2.14. The van der Waals surface area contributed by atoms with E-state index in [4.69, 9.17) is 0 Å². The Morgan fingerprint density at radius 2 is 1.90 bits per heavy atom. The summed E-state index contributed by atoms with van der Waals surface area (Å²) in [5.74, 6) is 0.850. The summed E-state index contributed by atoms with van der Waals surface area (Å²) >= 11 is 0. The van der Waals surface area contributed by atoms with Crippen molar-refractivity contribution in [1.82, 2.24) is 10.2 Å². The molecule has 4 atom stereocenters. The van der Waals surface area contributed by atoms with Crippen LogP contribution in [0.3, 0.4) is 0 Å². The summed E-state index contributed by atoms with van der Waals surface area (Å²) in [6, 6.07) is -0.429. The summed E-state index contributed by atoms with van der Waals surface area (Å²) < 4.78 is 0. The van der Waals surface area contributed by atoms with Crippen molar-refractivity contribution >= 4 is 11.8 Å². The molecule has 1 aliphatic carbocycles. The standard InChI is InChI=1S/C16H28N2O2/c1-7-10-8-11(10)18-12(9(2)3)14(19)17-13(15(18)20)16(4,5)6/h9-13H,7-8H2,1-6H3,(H,17,19). The fourth-order valence-electron chi connectivity index (χ4n) is 3.29. The molecule has 1 aliphatic heterocycles. The molecular formula is C16H28N2O2. The summed E-state index contributed by atoms with van der Waals surface area (Å²) in [5, 5.41) is 2.95. The Morgan fingerprint density at radius 1 is 1.30 bits per heavy atom. The molecule has 4 heteroatoms. The van der Waals surface area contributed by atoms with Crippen molar-refractivity contribution in [1.29, 1.82) is 0 Å². The molecule has 1 N–H and O–H groups in total. The van der Waals surface area contributed by atoms with Crippen LogP contribution in [-0.4, -0.2) is 34.8 Å². The molecular weight excluding hydrogens is 252 g/mol. The van der Waals surface area contributed by atoms with E-state index in [2.05, 4.69) is 12.2 Å². The molecule has 0 radical (unpaired) electrons. The summed E-state index contributed by atoms with van der Waals surface area (Å²) in [7, 11) is 0. The third-order valence-corrected chi connectivity index (χ3v) is 4.62. The third-order valence-electron chi connectivity index (χ3n) is 4.62. The number of hydrogen-bond acceptors (Lipinski definition) is 2. The molecule has 0 spiro atoms. The topological polar surface area (TPSA) is 49.4 Å². The van der Waals surface area contributed by atoms with Gasteiger partial charge in [0.15, 0.2) is 0 Å². The van der Waals surface area contributed by atoms with Crippen LogP contribution in [0.25, 0.3) is 0 Å². The second-order valence-corrected chi connectivity index (χ2v) is 7.71. The Bertz CT molecular complexity index is 411. The van der Waals surface area contributed by atoms with Crippen molar-refractivity contribution in [2.75, 3.05) is 0 Å². The number of nitrogens with one attached hydrogen (secondary N) is 1. The second-order valence-electron chi connectivity index (χ2n) is 7.71. The number of amides is 2. The fourth-order valence-corrected chi connectivity index (χ4v) is 3.29. The molecule has 2 aliphatic rings. The Balaban J connectivity index is 2.30. The smallest absolute Gasteiger partial charge is 0.246 e. The highest BCUT2D eigenvalue weighted by Crippen LogP contribution is 2.42. The number of piperazine rings is 1. The number of rotatable bonds is 3. The average Bonchev–Trinajstić information content (AvgIpc) is 3.08. The first kappa shape index (κ1) is 15.3.